The number of methoxy groups -OCH3 is 4. The Labute approximate surface area is 230 Å². The van der Waals surface area contributed by atoms with Gasteiger partial charge in [-0.2, -0.15) is 0 Å². The van der Waals surface area contributed by atoms with Crippen LogP contribution in [0, 0.1) is 13.8 Å². The molecule has 0 spiro atoms. The molecule has 0 bridgehead atoms. The second-order valence-corrected chi connectivity index (χ2v) is 9.14. The van der Waals surface area contributed by atoms with Gasteiger partial charge in [-0.15, -0.1) is 0 Å². The minimum Gasteiger partial charge on any atom is -0.497 e. The molecule has 0 saturated heterocycles. The fourth-order valence-electron chi connectivity index (χ4n) is 4.03. The second kappa shape index (κ2) is 12.7. The van der Waals surface area contributed by atoms with E-state index in [2.05, 4.69) is 62.4 Å². The third-order valence-electron chi connectivity index (χ3n) is 6.24. The highest BCUT2D eigenvalue weighted by atomic mass is 16.5. The van der Waals surface area contributed by atoms with Gasteiger partial charge in [0.1, 0.15) is 34.5 Å². The Hall–Kier alpha value is -4.64. The van der Waals surface area contributed by atoms with E-state index in [9.17, 15) is 0 Å². The Morgan fingerprint density at radius 3 is 1.05 bits per heavy atom. The van der Waals surface area contributed by atoms with Gasteiger partial charge in [0.15, 0.2) is 0 Å². The molecule has 4 aromatic rings. The summed E-state index contributed by atoms with van der Waals surface area (Å²) in [6.07, 6.45) is 3.98. The summed E-state index contributed by atoms with van der Waals surface area (Å²) < 4.78 is 28.8. The lowest BCUT2D eigenvalue weighted by Gasteiger charge is -2.16. The molecule has 0 amide bonds. The van der Waals surface area contributed by atoms with Gasteiger partial charge in [0, 0.05) is 23.3 Å². The van der Waals surface area contributed by atoms with Crippen molar-refractivity contribution in [2.75, 3.05) is 28.4 Å². The van der Waals surface area contributed by atoms with Crippen LogP contribution in [0.25, 0.3) is 23.7 Å². The van der Waals surface area contributed by atoms with E-state index >= 15 is 0 Å². The topological polar surface area (TPSA) is 46.2 Å². The maximum Gasteiger partial charge on any atom is 0.135 e. The fraction of sp³-hybridized carbons (Fsp3) is 0.176. The Morgan fingerprint density at radius 1 is 0.462 bits per heavy atom. The first-order valence-electron chi connectivity index (χ1n) is 12.6. The predicted octanol–water partition coefficient (Wildman–Crippen LogP) is 8.05. The molecule has 0 atom stereocenters. The smallest absolute Gasteiger partial charge is 0.135 e. The zero-order chi connectivity index (χ0) is 27.8. The highest BCUT2D eigenvalue weighted by Crippen LogP contribution is 2.33. The van der Waals surface area contributed by atoms with Crippen LogP contribution in [0.4, 0.5) is 0 Å². The van der Waals surface area contributed by atoms with E-state index in [1.54, 1.807) is 28.4 Å². The van der Waals surface area contributed by atoms with Gasteiger partial charge in [-0.25, -0.2) is 0 Å². The van der Waals surface area contributed by atoms with E-state index in [0.717, 1.165) is 22.3 Å². The zero-order valence-electron chi connectivity index (χ0n) is 23.3. The van der Waals surface area contributed by atoms with Crippen LogP contribution in [-0.2, 0) is 4.74 Å². The molecule has 4 rings (SSSR count). The monoisotopic (exact) mass is 522 g/mol. The standard InChI is InChI=1S/C34H34O5/c1-23-7-11-27(12-8-23)33(19-25-15-29(35-3)21-30(16-25)36-4)39-34(28-13-9-24(2)10-14-28)20-26-17-31(37-5)22-32(18-26)38-6/h7-22H,1-6H3. The van der Waals surface area contributed by atoms with Crippen LogP contribution in [0.1, 0.15) is 33.4 Å². The van der Waals surface area contributed by atoms with Crippen LogP contribution >= 0.6 is 0 Å². The lowest BCUT2D eigenvalue weighted by atomic mass is 10.1. The molecule has 0 unspecified atom stereocenters. The largest absolute Gasteiger partial charge is 0.497 e. The molecule has 0 aliphatic heterocycles. The molecule has 0 aromatic heterocycles. The van der Waals surface area contributed by atoms with Crippen LogP contribution in [0.15, 0.2) is 84.9 Å². The van der Waals surface area contributed by atoms with Crippen molar-refractivity contribution in [3.05, 3.63) is 118 Å². The summed E-state index contributed by atoms with van der Waals surface area (Å²) in [5.41, 5.74) is 5.96. The first-order chi connectivity index (χ1) is 18.9. The summed E-state index contributed by atoms with van der Waals surface area (Å²) in [6.45, 7) is 4.13. The number of benzene rings is 4. The van der Waals surface area contributed by atoms with Gasteiger partial charge in [-0.1, -0.05) is 59.7 Å². The highest BCUT2D eigenvalue weighted by molar-refractivity contribution is 5.86. The average molecular weight is 523 g/mol. The van der Waals surface area contributed by atoms with Gasteiger partial charge in [0.25, 0.3) is 0 Å². The minimum atomic E-state index is 0.673. The van der Waals surface area contributed by atoms with Gasteiger partial charge < -0.3 is 23.7 Å². The van der Waals surface area contributed by atoms with E-state index in [1.165, 1.54) is 11.1 Å². The lowest BCUT2D eigenvalue weighted by Crippen LogP contribution is -1.96. The molecule has 0 heterocycles. The van der Waals surface area contributed by atoms with Crippen LogP contribution in [-0.4, -0.2) is 28.4 Å². The third kappa shape index (κ3) is 7.23. The van der Waals surface area contributed by atoms with Crippen LogP contribution in [0.3, 0.4) is 0 Å². The number of rotatable bonds is 10. The molecular formula is C34H34O5. The first-order valence-corrected chi connectivity index (χ1v) is 12.6. The molecule has 0 aliphatic rings. The van der Waals surface area contributed by atoms with Crippen LogP contribution in [0.2, 0.25) is 0 Å². The van der Waals surface area contributed by atoms with Gasteiger partial charge in [0.05, 0.1) is 28.4 Å². The Balaban J connectivity index is 1.88. The van der Waals surface area contributed by atoms with Crippen molar-refractivity contribution in [2.45, 2.75) is 13.8 Å². The molecule has 39 heavy (non-hydrogen) atoms. The summed E-state index contributed by atoms with van der Waals surface area (Å²) in [5.74, 6) is 4.13. The normalized spacial score (nSPS) is 11.6. The van der Waals surface area contributed by atoms with Crippen molar-refractivity contribution in [3.8, 4) is 23.0 Å². The van der Waals surface area contributed by atoms with E-state index in [1.807, 2.05) is 48.6 Å². The summed E-state index contributed by atoms with van der Waals surface area (Å²) in [6, 6.07) is 28.0. The minimum absolute atomic E-state index is 0.673. The van der Waals surface area contributed by atoms with Gasteiger partial charge >= 0.3 is 0 Å². The van der Waals surface area contributed by atoms with E-state index in [4.69, 9.17) is 23.7 Å². The molecule has 0 fully saturated rings. The average Bonchev–Trinajstić information content (AvgIpc) is 2.96. The van der Waals surface area contributed by atoms with E-state index in [0.29, 0.717) is 34.5 Å². The van der Waals surface area contributed by atoms with E-state index in [-0.39, 0.29) is 0 Å². The third-order valence-corrected chi connectivity index (χ3v) is 6.24. The maximum atomic E-state index is 6.76. The van der Waals surface area contributed by atoms with Crippen molar-refractivity contribution in [1.29, 1.82) is 0 Å². The van der Waals surface area contributed by atoms with Crippen LogP contribution in [0.5, 0.6) is 23.0 Å². The lowest BCUT2D eigenvalue weighted by molar-refractivity contribution is 0.394. The van der Waals surface area contributed by atoms with Crippen molar-refractivity contribution in [1.82, 2.24) is 0 Å². The van der Waals surface area contributed by atoms with Gasteiger partial charge in [0.2, 0.25) is 0 Å². The molecule has 0 N–H and O–H groups in total. The molecule has 200 valence electrons. The van der Waals surface area contributed by atoms with Crippen molar-refractivity contribution in [2.24, 2.45) is 0 Å². The molecule has 0 saturated carbocycles. The maximum absolute atomic E-state index is 6.76. The highest BCUT2D eigenvalue weighted by Gasteiger charge is 2.13. The van der Waals surface area contributed by atoms with Crippen molar-refractivity contribution < 1.29 is 23.7 Å². The van der Waals surface area contributed by atoms with Crippen molar-refractivity contribution >= 4 is 23.7 Å². The molecule has 0 radical (unpaired) electrons. The molecule has 5 nitrogen and oxygen atoms in total. The number of hydrogen-bond acceptors (Lipinski definition) is 5. The molecular weight excluding hydrogens is 488 g/mol. The zero-order valence-corrected chi connectivity index (χ0v) is 23.3. The van der Waals surface area contributed by atoms with Gasteiger partial charge in [-0.05, 0) is 61.4 Å². The molecule has 4 aromatic carbocycles. The summed E-state index contributed by atoms with van der Waals surface area (Å²) in [4.78, 5) is 0. The SMILES string of the molecule is COc1cc(C=C(OC(=Cc2cc(OC)cc(OC)c2)c2ccc(C)cc2)c2ccc(C)cc2)cc(OC)c1. The Morgan fingerprint density at radius 2 is 0.769 bits per heavy atom. The van der Waals surface area contributed by atoms with Crippen LogP contribution < -0.4 is 18.9 Å². The first kappa shape index (κ1) is 27.4. The fourth-order valence-corrected chi connectivity index (χ4v) is 4.03. The number of ether oxygens (including phenoxy) is 5. The summed E-state index contributed by atoms with van der Waals surface area (Å²) in [5, 5.41) is 0. The Kier molecular flexibility index (Phi) is 8.95. The van der Waals surface area contributed by atoms with Gasteiger partial charge in [-0.3, -0.25) is 0 Å². The predicted molar refractivity (Wildman–Crippen MR) is 158 cm³/mol. The second-order valence-electron chi connectivity index (χ2n) is 9.14. The molecule has 5 heteroatoms. The number of aryl methyl sites for hydroxylation is 2. The van der Waals surface area contributed by atoms with Crippen molar-refractivity contribution in [3.63, 3.8) is 0 Å². The van der Waals surface area contributed by atoms with E-state index < -0.39 is 0 Å². The summed E-state index contributed by atoms with van der Waals surface area (Å²) >= 11 is 0. The number of hydrogen-bond donors (Lipinski definition) is 0. The molecule has 0 aliphatic carbocycles. The Bertz CT molecular complexity index is 1310. The quantitative estimate of drug-likeness (QED) is 0.156. The summed E-state index contributed by atoms with van der Waals surface area (Å²) in [7, 11) is 6.56.